The summed E-state index contributed by atoms with van der Waals surface area (Å²) in [4.78, 5) is 12.8. The molecule has 0 radical (unpaired) electrons. The van der Waals surface area contributed by atoms with Gasteiger partial charge >= 0.3 is 0 Å². The first-order valence-electron chi connectivity index (χ1n) is 9.38. The molecule has 0 spiro atoms. The first-order valence-corrected chi connectivity index (χ1v) is 10.4. The van der Waals surface area contributed by atoms with Crippen LogP contribution in [-0.2, 0) is 6.54 Å². The van der Waals surface area contributed by atoms with E-state index in [4.69, 9.17) is 0 Å². The van der Waals surface area contributed by atoms with Crippen LogP contribution >= 0.6 is 35.7 Å². The Labute approximate surface area is 187 Å². The van der Waals surface area contributed by atoms with Crippen molar-refractivity contribution in [3.63, 3.8) is 0 Å². The fourth-order valence-electron chi connectivity index (χ4n) is 3.47. The smallest absolute Gasteiger partial charge is 0.193 e. The van der Waals surface area contributed by atoms with Crippen molar-refractivity contribution in [1.29, 1.82) is 0 Å². The molecule has 1 saturated heterocycles. The third-order valence-electron chi connectivity index (χ3n) is 4.87. The average Bonchev–Trinajstić information content (AvgIpc) is 3.34. The Morgan fingerprint density at radius 2 is 2.04 bits per heavy atom. The van der Waals surface area contributed by atoms with Gasteiger partial charge in [0.2, 0.25) is 0 Å². The summed E-state index contributed by atoms with van der Waals surface area (Å²) >= 11 is 1.95. The molecule has 1 aliphatic rings. The highest BCUT2D eigenvalue weighted by molar-refractivity contribution is 14.0. The Morgan fingerprint density at radius 1 is 1.21 bits per heavy atom. The number of guanidine groups is 1. The molecule has 1 atom stereocenters. The van der Waals surface area contributed by atoms with E-state index >= 15 is 0 Å². The molecule has 1 N–H and O–H groups in total. The number of hydrogen-bond donors (Lipinski definition) is 1. The number of imidazole rings is 1. The van der Waals surface area contributed by atoms with Crippen LogP contribution in [0.2, 0.25) is 0 Å². The molecule has 4 rings (SSSR count). The first kappa shape index (κ1) is 21.0. The van der Waals surface area contributed by atoms with E-state index in [2.05, 4.69) is 56.7 Å². The van der Waals surface area contributed by atoms with Crippen molar-refractivity contribution in [3.8, 4) is 0 Å². The molecule has 1 unspecified atom stereocenters. The predicted octanol–water partition coefficient (Wildman–Crippen LogP) is 4.14. The van der Waals surface area contributed by atoms with Gasteiger partial charge in [-0.3, -0.25) is 4.99 Å². The van der Waals surface area contributed by atoms with Crippen LogP contribution in [0.25, 0.3) is 5.65 Å². The highest BCUT2D eigenvalue weighted by Gasteiger charge is 2.24. The lowest BCUT2D eigenvalue weighted by molar-refractivity contribution is 0.474. The van der Waals surface area contributed by atoms with E-state index in [1.807, 2.05) is 47.6 Å². The number of rotatable bonds is 5. The molecule has 3 heterocycles. The molecular formula is C21H26IN5S. The van der Waals surface area contributed by atoms with E-state index < -0.39 is 0 Å². The van der Waals surface area contributed by atoms with Gasteiger partial charge in [-0.15, -0.1) is 35.7 Å². The second-order valence-electron chi connectivity index (χ2n) is 6.82. The zero-order valence-electron chi connectivity index (χ0n) is 16.0. The summed E-state index contributed by atoms with van der Waals surface area (Å²) in [6.07, 6.45) is 5.31. The van der Waals surface area contributed by atoms with Gasteiger partial charge in [-0.2, -0.15) is 0 Å². The van der Waals surface area contributed by atoms with Crippen molar-refractivity contribution < 1.29 is 0 Å². The number of nitrogens with one attached hydrogen (secondary N) is 1. The molecule has 148 valence electrons. The van der Waals surface area contributed by atoms with Crippen LogP contribution in [0.4, 0.5) is 0 Å². The lowest BCUT2D eigenvalue weighted by Gasteiger charge is -2.21. The summed E-state index contributed by atoms with van der Waals surface area (Å²) < 4.78 is 2.05. The number of pyridine rings is 1. The lowest BCUT2D eigenvalue weighted by Crippen LogP contribution is -2.39. The topological polar surface area (TPSA) is 44.9 Å². The van der Waals surface area contributed by atoms with Gasteiger partial charge in [0.1, 0.15) is 5.65 Å². The Balaban J connectivity index is 0.00000225. The van der Waals surface area contributed by atoms with Crippen molar-refractivity contribution in [2.45, 2.75) is 17.9 Å². The van der Waals surface area contributed by atoms with Crippen molar-refractivity contribution in [2.24, 2.45) is 10.9 Å². The van der Waals surface area contributed by atoms with Gasteiger partial charge in [-0.25, -0.2) is 4.98 Å². The van der Waals surface area contributed by atoms with Gasteiger partial charge in [-0.05, 0) is 36.6 Å². The minimum atomic E-state index is 0. The molecule has 2 aromatic heterocycles. The zero-order valence-corrected chi connectivity index (χ0v) is 19.1. The normalized spacial score (nSPS) is 17.0. The molecule has 3 aromatic rings. The molecule has 1 aromatic carbocycles. The number of likely N-dealkylation sites (tertiary alicyclic amines) is 1. The third kappa shape index (κ3) is 5.20. The van der Waals surface area contributed by atoms with Gasteiger partial charge < -0.3 is 14.6 Å². The van der Waals surface area contributed by atoms with Crippen molar-refractivity contribution in [3.05, 3.63) is 66.6 Å². The van der Waals surface area contributed by atoms with E-state index in [0.29, 0.717) is 12.5 Å². The summed E-state index contributed by atoms with van der Waals surface area (Å²) in [5, 5.41) is 3.48. The van der Waals surface area contributed by atoms with Crippen molar-refractivity contribution >= 4 is 47.3 Å². The van der Waals surface area contributed by atoms with Gasteiger partial charge in [0.15, 0.2) is 5.96 Å². The molecule has 5 nitrogen and oxygen atoms in total. The fraction of sp³-hybridized carbons (Fsp3) is 0.333. The monoisotopic (exact) mass is 507 g/mol. The van der Waals surface area contributed by atoms with E-state index in [1.54, 1.807) is 0 Å². The van der Waals surface area contributed by atoms with Crippen LogP contribution in [-0.4, -0.2) is 46.1 Å². The van der Waals surface area contributed by atoms with Gasteiger partial charge in [0.05, 0.1) is 12.2 Å². The summed E-state index contributed by atoms with van der Waals surface area (Å²) in [6, 6.07) is 16.7. The molecule has 0 amide bonds. The Kier molecular flexibility index (Phi) is 7.61. The first-order chi connectivity index (χ1) is 13.3. The molecule has 7 heteroatoms. The van der Waals surface area contributed by atoms with Crippen LogP contribution in [0.5, 0.6) is 0 Å². The van der Waals surface area contributed by atoms with Gasteiger partial charge in [-0.1, -0.05) is 24.3 Å². The minimum Gasteiger partial charge on any atom is -0.351 e. The molecule has 0 bridgehead atoms. The molecule has 28 heavy (non-hydrogen) atoms. The molecule has 0 saturated carbocycles. The second kappa shape index (κ2) is 10.2. The van der Waals surface area contributed by atoms with E-state index in [0.717, 1.165) is 36.1 Å². The van der Waals surface area contributed by atoms with Crippen LogP contribution < -0.4 is 5.32 Å². The maximum absolute atomic E-state index is 4.65. The van der Waals surface area contributed by atoms with Crippen molar-refractivity contribution in [1.82, 2.24) is 19.6 Å². The molecule has 1 aliphatic heterocycles. The van der Waals surface area contributed by atoms with E-state index in [1.165, 1.54) is 11.3 Å². The fourth-order valence-corrected chi connectivity index (χ4v) is 4.52. The highest BCUT2D eigenvalue weighted by Crippen LogP contribution is 2.25. The lowest BCUT2D eigenvalue weighted by atomic mass is 10.2. The predicted molar refractivity (Wildman–Crippen MR) is 128 cm³/mol. The van der Waals surface area contributed by atoms with E-state index in [-0.39, 0.29) is 24.0 Å². The Morgan fingerprint density at radius 3 is 2.82 bits per heavy atom. The highest BCUT2D eigenvalue weighted by atomic mass is 127. The van der Waals surface area contributed by atoms with Crippen LogP contribution in [0.15, 0.2) is 70.8 Å². The van der Waals surface area contributed by atoms with Crippen LogP contribution in [0, 0.1) is 5.92 Å². The van der Waals surface area contributed by atoms with Gasteiger partial charge in [0, 0.05) is 43.2 Å². The molecule has 0 aliphatic carbocycles. The number of nitrogens with zero attached hydrogens (tertiary/aromatic N) is 4. The maximum atomic E-state index is 4.65. The number of thioether (sulfide) groups is 1. The molecule has 1 fully saturated rings. The van der Waals surface area contributed by atoms with Crippen LogP contribution in [0.3, 0.4) is 0 Å². The zero-order chi connectivity index (χ0) is 18.5. The third-order valence-corrected chi connectivity index (χ3v) is 6.11. The van der Waals surface area contributed by atoms with Crippen LogP contribution in [0.1, 0.15) is 12.1 Å². The Hall–Kier alpha value is -1.74. The van der Waals surface area contributed by atoms with Crippen molar-refractivity contribution in [2.75, 3.05) is 25.9 Å². The Bertz CT molecular complexity index is 878. The average molecular weight is 507 g/mol. The number of aromatic nitrogens is 2. The van der Waals surface area contributed by atoms with Gasteiger partial charge in [0.25, 0.3) is 0 Å². The second-order valence-corrected chi connectivity index (χ2v) is 7.92. The number of aliphatic imine (C=N–C) groups is 1. The number of hydrogen-bond acceptors (Lipinski definition) is 3. The van der Waals surface area contributed by atoms with E-state index in [9.17, 15) is 0 Å². The number of benzene rings is 1. The summed E-state index contributed by atoms with van der Waals surface area (Å²) in [7, 11) is 1.86. The summed E-state index contributed by atoms with van der Waals surface area (Å²) in [5.74, 6) is 2.83. The quantitative estimate of drug-likeness (QED) is 0.244. The SMILES string of the molecule is CN=C(NCc1cn2ccccc2n1)N1CCC(CSc2ccccc2)C1.I. The molecular weight excluding hydrogens is 481 g/mol. The number of fused-ring (bicyclic) bond motifs is 1. The standard InChI is InChI=1S/C21H25N5S.HI/c1-22-21(23-13-18-15-25-11-6-5-9-20(25)24-18)26-12-10-17(14-26)16-27-19-7-3-2-4-8-19;/h2-9,11,15,17H,10,12-14,16H2,1H3,(H,22,23);1H. The maximum Gasteiger partial charge on any atom is 0.193 e. The minimum absolute atomic E-state index is 0. The largest absolute Gasteiger partial charge is 0.351 e. The number of halogens is 1. The summed E-state index contributed by atoms with van der Waals surface area (Å²) in [6.45, 7) is 2.81. The summed E-state index contributed by atoms with van der Waals surface area (Å²) in [5.41, 5.74) is 2.00.